The molecule has 0 bridgehead atoms. The Balaban J connectivity index is 1.20. The highest BCUT2D eigenvalue weighted by molar-refractivity contribution is 6.14. The highest BCUT2D eigenvalue weighted by Gasteiger charge is 2.24. The molecule has 0 spiro atoms. The monoisotopic (exact) mass is 914 g/mol. The number of aromatic nitrogens is 3. The highest BCUT2D eigenvalue weighted by atomic mass is 15.0. The number of hydrogen-bond donors (Lipinski definition) is 0. The summed E-state index contributed by atoms with van der Waals surface area (Å²) >= 11 is 0. The average Bonchev–Trinajstić information content (AvgIpc) is 3.96. The summed E-state index contributed by atoms with van der Waals surface area (Å²) in [7, 11) is 0. The van der Waals surface area contributed by atoms with Crippen molar-refractivity contribution in [3.63, 3.8) is 0 Å². The van der Waals surface area contributed by atoms with Gasteiger partial charge < -0.3 is 9.13 Å². The first-order valence-corrected chi connectivity index (χ1v) is 23.0. The van der Waals surface area contributed by atoms with Gasteiger partial charge in [0.1, 0.15) is 0 Å². The first-order chi connectivity index (χ1) is 35.4. The van der Waals surface area contributed by atoms with Crippen LogP contribution in [-0.2, 0) is 0 Å². The molecule has 8 heteroatoms. The number of rotatable bonds is 7. The van der Waals surface area contributed by atoms with Crippen LogP contribution < -0.4 is 0 Å². The largest absolute Gasteiger partial charge is 0.307 e. The maximum absolute atomic E-state index is 9.63. The number of hydrogen-bond acceptors (Lipinski definition) is 3. The van der Waals surface area contributed by atoms with E-state index in [0.717, 1.165) is 111 Å². The lowest BCUT2D eigenvalue weighted by Crippen LogP contribution is -2.05. The molecule has 0 aliphatic carbocycles. The van der Waals surface area contributed by atoms with Crippen LogP contribution in [-0.4, -0.2) is 14.1 Å². The normalized spacial score (nSPS) is 11.0. The van der Waals surface area contributed by atoms with Gasteiger partial charge in [-0.1, -0.05) is 140 Å². The molecule has 0 fully saturated rings. The SMILES string of the molecule is [C-]#[N+]c1ccc(-c2ccc3c4ccc(-c5ccc([N+]#[C-])cc5)cc4n(-c4cncc(-n5c6cc(-c7ccc(C#N)cc7)ccc6c6ccc(-c7ccc(C#N)cc7)cc65)c4-c4cccc([N+]#[C-])c4)c3c2)cc1. The van der Waals surface area contributed by atoms with E-state index in [9.17, 15) is 10.5 Å². The second-order valence-corrected chi connectivity index (χ2v) is 17.5. The molecule has 0 aliphatic heterocycles. The number of nitrogens with zero attached hydrogens (tertiary/aromatic N) is 8. The van der Waals surface area contributed by atoms with Gasteiger partial charge in [-0.3, -0.25) is 4.98 Å². The van der Waals surface area contributed by atoms with Crippen LogP contribution in [0.2, 0.25) is 0 Å². The first-order valence-electron chi connectivity index (χ1n) is 23.0. The molecule has 0 N–H and O–H groups in total. The maximum Gasteiger partial charge on any atom is 0.187 e. The molecule has 0 aliphatic rings. The molecule has 9 aromatic carbocycles. The summed E-state index contributed by atoms with van der Waals surface area (Å²) in [6.45, 7) is 23.3. The van der Waals surface area contributed by atoms with Gasteiger partial charge in [-0.15, -0.1) is 0 Å². The Morgan fingerprint density at radius 1 is 0.347 bits per heavy atom. The van der Waals surface area contributed by atoms with Crippen molar-refractivity contribution in [3.05, 3.63) is 252 Å². The van der Waals surface area contributed by atoms with Gasteiger partial charge in [-0.05, 0) is 105 Å². The molecule has 12 rings (SSSR count). The zero-order chi connectivity index (χ0) is 48.9. The lowest BCUT2D eigenvalue weighted by atomic mass is 10.0. The molecule has 0 saturated heterocycles. The van der Waals surface area contributed by atoms with Gasteiger partial charge in [-0.25, -0.2) is 14.5 Å². The van der Waals surface area contributed by atoms with Gasteiger partial charge in [-0.2, -0.15) is 10.5 Å². The molecule has 72 heavy (non-hydrogen) atoms. The van der Waals surface area contributed by atoms with Crippen LogP contribution in [0.3, 0.4) is 0 Å². The van der Waals surface area contributed by atoms with Crippen LogP contribution in [0.15, 0.2) is 207 Å². The molecule has 330 valence electrons. The summed E-state index contributed by atoms with van der Waals surface area (Å²) in [5, 5.41) is 23.4. The van der Waals surface area contributed by atoms with Crippen molar-refractivity contribution in [1.29, 1.82) is 10.5 Å². The summed E-state index contributed by atoms with van der Waals surface area (Å²) in [5.74, 6) is 0. The third-order valence-corrected chi connectivity index (χ3v) is 13.5. The van der Waals surface area contributed by atoms with Crippen LogP contribution in [0.5, 0.6) is 0 Å². The Kier molecular flexibility index (Phi) is 10.3. The summed E-state index contributed by atoms with van der Waals surface area (Å²) < 4.78 is 4.57. The Morgan fingerprint density at radius 2 is 0.681 bits per heavy atom. The van der Waals surface area contributed by atoms with E-state index in [0.29, 0.717) is 28.2 Å². The number of nitriles is 2. The summed E-state index contributed by atoms with van der Waals surface area (Å²) in [4.78, 5) is 16.3. The van der Waals surface area contributed by atoms with E-state index in [1.807, 2.05) is 128 Å². The van der Waals surface area contributed by atoms with E-state index < -0.39 is 0 Å². The van der Waals surface area contributed by atoms with E-state index in [2.05, 4.69) is 115 Å². The van der Waals surface area contributed by atoms with E-state index >= 15 is 0 Å². The van der Waals surface area contributed by atoms with Crippen molar-refractivity contribution in [2.75, 3.05) is 0 Å². The molecule has 8 nitrogen and oxygen atoms in total. The fourth-order valence-corrected chi connectivity index (χ4v) is 10.0. The predicted molar refractivity (Wildman–Crippen MR) is 288 cm³/mol. The second-order valence-electron chi connectivity index (χ2n) is 17.5. The van der Waals surface area contributed by atoms with Crippen LogP contribution in [0.25, 0.3) is 125 Å². The molecule has 12 aromatic rings. The molecule has 0 unspecified atom stereocenters. The average molecular weight is 915 g/mol. The molecule has 0 radical (unpaired) electrons. The smallest absolute Gasteiger partial charge is 0.187 e. The Hall–Kier alpha value is -10.8. The molecule has 0 amide bonds. The number of fused-ring (bicyclic) bond motifs is 6. The van der Waals surface area contributed by atoms with Gasteiger partial charge in [0, 0.05) is 27.1 Å². The zero-order valence-corrected chi connectivity index (χ0v) is 38.2. The minimum absolute atomic E-state index is 0.493. The predicted octanol–water partition coefficient (Wildman–Crippen LogP) is 17.0. The van der Waals surface area contributed by atoms with Crippen LogP contribution >= 0.6 is 0 Å². The summed E-state index contributed by atoms with van der Waals surface area (Å²) in [6.07, 6.45) is 3.82. The molecule has 0 saturated carbocycles. The van der Waals surface area contributed by atoms with Crippen molar-refractivity contribution in [3.8, 4) is 79.1 Å². The van der Waals surface area contributed by atoms with E-state index in [4.69, 9.17) is 24.7 Å². The van der Waals surface area contributed by atoms with Crippen molar-refractivity contribution in [2.24, 2.45) is 0 Å². The van der Waals surface area contributed by atoms with E-state index in [-0.39, 0.29) is 0 Å². The minimum Gasteiger partial charge on any atom is -0.307 e. The van der Waals surface area contributed by atoms with Crippen molar-refractivity contribution < 1.29 is 0 Å². The van der Waals surface area contributed by atoms with Crippen molar-refractivity contribution in [1.82, 2.24) is 14.1 Å². The Bertz CT molecular complexity index is 3920. The minimum atomic E-state index is 0.493. The van der Waals surface area contributed by atoms with Gasteiger partial charge in [0.05, 0.1) is 88.8 Å². The number of pyridine rings is 1. The molecule has 3 heterocycles. The van der Waals surface area contributed by atoms with Gasteiger partial charge in [0.2, 0.25) is 0 Å². The first kappa shape index (κ1) is 42.5. The lowest BCUT2D eigenvalue weighted by molar-refractivity contribution is 1.09. The fourth-order valence-electron chi connectivity index (χ4n) is 10.0. The Morgan fingerprint density at radius 3 is 1.01 bits per heavy atom. The third-order valence-electron chi connectivity index (χ3n) is 13.5. The van der Waals surface area contributed by atoms with Crippen LogP contribution in [0.1, 0.15) is 11.1 Å². The van der Waals surface area contributed by atoms with Crippen molar-refractivity contribution in [2.45, 2.75) is 0 Å². The Labute approximate surface area is 414 Å². The van der Waals surface area contributed by atoms with Crippen molar-refractivity contribution >= 4 is 60.7 Å². The second kappa shape index (κ2) is 17.4. The zero-order valence-electron chi connectivity index (χ0n) is 38.2. The molecular formula is C64H34N8. The molecule has 3 aromatic heterocycles. The van der Waals surface area contributed by atoms with Gasteiger partial charge in [0.15, 0.2) is 17.1 Å². The van der Waals surface area contributed by atoms with Crippen LogP contribution in [0.4, 0.5) is 17.1 Å². The van der Waals surface area contributed by atoms with Crippen LogP contribution in [0, 0.1) is 42.4 Å². The number of benzene rings is 9. The van der Waals surface area contributed by atoms with Gasteiger partial charge >= 0.3 is 0 Å². The summed E-state index contributed by atoms with van der Waals surface area (Å²) in [5.41, 5.74) is 17.6. The van der Waals surface area contributed by atoms with Gasteiger partial charge in [0.25, 0.3) is 0 Å². The quantitative estimate of drug-likeness (QED) is 0.149. The fraction of sp³-hybridized carbons (Fsp3) is 0. The van der Waals surface area contributed by atoms with E-state index in [1.165, 1.54) is 0 Å². The molecular weight excluding hydrogens is 881 g/mol. The highest BCUT2D eigenvalue weighted by Crippen LogP contribution is 2.45. The molecule has 0 atom stereocenters. The van der Waals surface area contributed by atoms with E-state index in [1.54, 1.807) is 0 Å². The standard InChI is InChI=1S/C64H34N8/c1-67-51-23-15-44(16-24-51)48-21-29-56-57-30-22-49(45-17-25-52(68-2)26-18-45)35-61(57)72(60(56)34-48)63-39-70-38-62(64(63)50-5-4-6-53(31-50)69-3)71-58-32-46(42-11-7-40(36-65)8-12-42)19-27-54(58)55-28-20-47(33-59(55)71)43-13-9-41(37-66)10-14-43/h4-35,38-39H. The topological polar surface area (TPSA) is 83.4 Å². The lowest BCUT2D eigenvalue weighted by Gasteiger charge is -2.20. The maximum atomic E-state index is 9.63. The third kappa shape index (κ3) is 7.17. The summed E-state index contributed by atoms with van der Waals surface area (Å²) in [6, 6.07) is 68.7.